The molecule has 4 rings (SSSR count). The van der Waals surface area contributed by atoms with Crippen molar-refractivity contribution in [1.29, 1.82) is 0 Å². The first kappa shape index (κ1) is 33.3. The van der Waals surface area contributed by atoms with Crippen molar-refractivity contribution in [3.63, 3.8) is 0 Å². The van der Waals surface area contributed by atoms with Crippen molar-refractivity contribution in [2.24, 2.45) is 11.3 Å². The minimum absolute atomic E-state index is 0.467. The molecule has 0 bridgehead atoms. The van der Waals surface area contributed by atoms with E-state index in [9.17, 15) is 26.3 Å². The molecule has 1 spiro atoms. The number of carbonyl (C=O) groups is 2. The van der Waals surface area contributed by atoms with Crippen LogP contribution in [0.1, 0.15) is 30.6 Å². The monoisotopic (exact) mass is 592 g/mol. The topological polar surface area (TPSA) is 99.5 Å². The highest BCUT2D eigenvalue weighted by Crippen LogP contribution is 2.46. The number of hydrogen-bond acceptors (Lipinski definition) is 7. The number of methoxy groups -OCH3 is 1. The summed E-state index contributed by atoms with van der Waals surface area (Å²) in [5.41, 5.74) is 0.467. The first-order valence-corrected chi connectivity index (χ1v) is 13.2. The molecule has 1 aromatic heterocycles. The number of thiophene rings is 1. The summed E-state index contributed by atoms with van der Waals surface area (Å²) in [5.74, 6) is -4.82. The molecule has 3 aliphatic heterocycles. The Hall–Kier alpha value is -1.94. The van der Waals surface area contributed by atoms with Gasteiger partial charge in [0.25, 0.3) is 0 Å². The molecule has 3 fully saturated rings. The molecule has 0 aliphatic carbocycles. The van der Waals surface area contributed by atoms with E-state index >= 15 is 0 Å². The van der Waals surface area contributed by atoms with Gasteiger partial charge in [0.15, 0.2) is 0 Å². The maximum Gasteiger partial charge on any atom is 0.490 e. The van der Waals surface area contributed by atoms with Crippen molar-refractivity contribution in [3.8, 4) is 0 Å². The molecule has 39 heavy (non-hydrogen) atoms. The van der Waals surface area contributed by atoms with Crippen LogP contribution in [0.3, 0.4) is 0 Å². The first-order chi connectivity index (χ1) is 18.2. The van der Waals surface area contributed by atoms with E-state index < -0.39 is 24.3 Å². The minimum atomic E-state index is -5.08. The van der Waals surface area contributed by atoms with Crippen LogP contribution in [0.2, 0.25) is 0 Å². The van der Waals surface area contributed by atoms with Crippen LogP contribution in [0.25, 0.3) is 0 Å². The van der Waals surface area contributed by atoms with Crippen molar-refractivity contribution in [2.75, 3.05) is 53.1 Å². The van der Waals surface area contributed by atoms with Crippen LogP contribution in [0, 0.1) is 11.3 Å². The third-order valence-electron chi connectivity index (χ3n) is 7.20. The number of nitrogens with zero attached hydrogens (tertiary/aromatic N) is 2. The molecule has 1 atom stereocenters. The number of carboxylic acid groups (broad SMARTS) is 2. The molecule has 1 unspecified atom stereocenters. The highest BCUT2D eigenvalue weighted by atomic mass is 32.1. The average molecular weight is 593 g/mol. The number of hydrogen-bond donors (Lipinski definition) is 2. The number of piperidine rings is 1. The van der Waals surface area contributed by atoms with Crippen LogP contribution in [0.4, 0.5) is 26.3 Å². The Morgan fingerprint density at radius 1 is 1.08 bits per heavy atom. The van der Waals surface area contributed by atoms with E-state index in [0.717, 1.165) is 32.4 Å². The van der Waals surface area contributed by atoms with Gasteiger partial charge >= 0.3 is 24.3 Å². The van der Waals surface area contributed by atoms with E-state index in [1.54, 1.807) is 0 Å². The summed E-state index contributed by atoms with van der Waals surface area (Å²) in [7, 11) is 1.87. The molecule has 0 radical (unpaired) electrons. The minimum Gasteiger partial charge on any atom is -0.475 e. The predicted molar refractivity (Wildman–Crippen MR) is 129 cm³/mol. The smallest absolute Gasteiger partial charge is 0.475 e. The lowest BCUT2D eigenvalue weighted by atomic mass is 9.71. The summed E-state index contributed by atoms with van der Waals surface area (Å²) in [6.07, 6.45) is -5.06. The van der Waals surface area contributed by atoms with E-state index in [4.69, 9.17) is 29.3 Å². The number of halogens is 6. The fourth-order valence-corrected chi connectivity index (χ4v) is 6.02. The van der Waals surface area contributed by atoms with E-state index in [0.29, 0.717) is 11.3 Å². The zero-order valence-corrected chi connectivity index (χ0v) is 22.3. The molecule has 224 valence electrons. The van der Waals surface area contributed by atoms with Crippen molar-refractivity contribution in [2.45, 2.75) is 50.6 Å². The Morgan fingerprint density at radius 3 is 2.05 bits per heavy atom. The molecule has 8 nitrogen and oxygen atoms in total. The lowest BCUT2D eigenvalue weighted by Crippen LogP contribution is -2.49. The van der Waals surface area contributed by atoms with E-state index in [1.165, 1.54) is 56.7 Å². The zero-order chi connectivity index (χ0) is 29.3. The van der Waals surface area contributed by atoms with Crippen LogP contribution in [0.5, 0.6) is 0 Å². The van der Waals surface area contributed by atoms with Gasteiger partial charge in [-0.05, 0) is 55.6 Å². The standard InChI is InChI=1S/C20H32N2O2S.2C2HF3O2/c1-23-15-17-13-21(14-19-3-2-12-25-19)16-20(17)6-8-22(9-7-20)18-4-10-24-11-5-18;2*3-2(4,5)1(6)7/h2-3,12,17-18H,4-11,13-16H2,1H3;2*(H,6,7). The summed E-state index contributed by atoms with van der Waals surface area (Å²) in [5, 5.41) is 16.4. The predicted octanol–water partition coefficient (Wildman–Crippen LogP) is 4.35. The van der Waals surface area contributed by atoms with Crippen molar-refractivity contribution in [3.05, 3.63) is 22.4 Å². The van der Waals surface area contributed by atoms with Gasteiger partial charge in [0, 0.05) is 56.8 Å². The van der Waals surface area contributed by atoms with Crippen molar-refractivity contribution in [1.82, 2.24) is 9.80 Å². The second-order valence-corrected chi connectivity index (χ2v) is 10.8. The lowest BCUT2D eigenvalue weighted by Gasteiger charge is -2.46. The average Bonchev–Trinajstić information content (AvgIpc) is 3.48. The fourth-order valence-electron chi connectivity index (χ4n) is 5.27. The third-order valence-corrected chi connectivity index (χ3v) is 8.06. The Labute approximate surface area is 226 Å². The zero-order valence-electron chi connectivity index (χ0n) is 21.5. The number of likely N-dealkylation sites (tertiary alicyclic amines) is 2. The van der Waals surface area contributed by atoms with Crippen molar-refractivity contribution >= 4 is 23.3 Å². The molecule has 15 heteroatoms. The van der Waals surface area contributed by atoms with Gasteiger partial charge in [-0.1, -0.05) is 6.07 Å². The van der Waals surface area contributed by atoms with Gasteiger partial charge < -0.3 is 24.6 Å². The van der Waals surface area contributed by atoms with Crippen LogP contribution >= 0.6 is 11.3 Å². The summed E-state index contributed by atoms with van der Waals surface area (Å²) in [6, 6.07) is 5.20. The Kier molecular flexibility index (Phi) is 12.5. The summed E-state index contributed by atoms with van der Waals surface area (Å²) < 4.78 is 74.6. The fraction of sp³-hybridized carbons (Fsp3) is 0.750. The molecule has 3 aliphatic rings. The maximum atomic E-state index is 10.6. The van der Waals surface area contributed by atoms with Crippen LogP contribution in [-0.2, 0) is 25.6 Å². The number of aliphatic carboxylic acids is 2. The number of carboxylic acids is 2. The van der Waals surface area contributed by atoms with Gasteiger partial charge in [0.2, 0.25) is 0 Å². The van der Waals surface area contributed by atoms with Gasteiger partial charge in [0.1, 0.15) is 0 Å². The third kappa shape index (κ3) is 10.5. The van der Waals surface area contributed by atoms with E-state index in [2.05, 4.69) is 27.3 Å². The van der Waals surface area contributed by atoms with E-state index in [-0.39, 0.29) is 0 Å². The normalized spacial score (nSPS) is 22.5. The van der Waals surface area contributed by atoms with Crippen molar-refractivity contribution < 1.29 is 55.6 Å². The Morgan fingerprint density at radius 2 is 1.62 bits per heavy atom. The summed E-state index contributed by atoms with van der Waals surface area (Å²) in [6.45, 7) is 8.90. The molecule has 2 N–H and O–H groups in total. The second-order valence-electron chi connectivity index (χ2n) is 9.75. The Balaban J connectivity index is 0.000000317. The number of ether oxygens (including phenoxy) is 2. The van der Waals surface area contributed by atoms with E-state index in [1.807, 2.05) is 18.4 Å². The molecule has 0 saturated carbocycles. The second kappa shape index (κ2) is 14.6. The number of alkyl halides is 6. The summed E-state index contributed by atoms with van der Waals surface area (Å²) >= 11 is 1.89. The molecule has 1 aromatic rings. The van der Waals surface area contributed by atoms with Crippen LogP contribution in [-0.4, -0.2) is 103 Å². The SMILES string of the molecule is COCC1CN(Cc2cccs2)CC12CCN(C1CCOCC1)CC2.O=C(O)C(F)(F)F.O=C(O)C(F)(F)F. The van der Waals surface area contributed by atoms with Crippen LogP contribution < -0.4 is 0 Å². The molecular formula is C24H34F6N2O6S. The van der Waals surface area contributed by atoms with Crippen LogP contribution in [0.15, 0.2) is 17.5 Å². The van der Waals surface area contributed by atoms with Gasteiger partial charge in [-0.2, -0.15) is 26.3 Å². The largest absolute Gasteiger partial charge is 0.490 e. The summed E-state index contributed by atoms with van der Waals surface area (Å²) in [4.78, 5) is 24.7. The quantitative estimate of drug-likeness (QED) is 0.487. The Bertz CT molecular complexity index is 861. The molecular weight excluding hydrogens is 558 g/mol. The highest BCUT2D eigenvalue weighted by molar-refractivity contribution is 7.09. The van der Waals surface area contributed by atoms with Gasteiger partial charge in [0.05, 0.1) is 6.61 Å². The molecule has 0 aromatic carbocycles. The molecule has 4 heterocycles. The molecule has 0 amide bonds. The van der Waals surface area contributed by atoms with Gasteiger partial charge in [-0.3, -0.25) is 4.90 Å². The van der Waals surface area contributed by atoms with Gasteiger partial charge in [-0.15, -0.1) is 11.3 Å². The van der Waals surface area contributed by atoms with Gasteiger partial charge in [-0.25, -0.2) is 9.59 Å². The molecule has 3 saturated heterocycles. The maximum absolute atomic E-state index is 10.6. The number of rotatable bonds is 5. The highest BCUT2D eigenvalue weighted by Gasteiger charge is 2.48. The first-order valence-electron chi connectivity index (χ1n) is 12.3. The lowest BCUT2D eigenvalue weighted by molar-refractivity contribution is -0.193.